The number of piperidine rings is 1. The summed E-state index contributed by atoms with van der Waals surface area (Å²) in [4.78, 5) is 33.0. The van der Waals surface area contributed by atoms with Gasteiger partial charge >= 0.3 is 0 Å². The van der Waals surface area contributed by atoms with Crippen LogP contribution in [0.5, 0.6) is 5.75 Å². The Morgan fingerprint density at radius 2 is 1.42 bits per heavy atom. The third kappa shape index (κ3) is 6.08. The lowest BCUT2D eigenvalue weighted by Crippen LogP contribution is -2.49. The maximum absolute atomic E-state index is 13.7. The van der Waals surface area contributed by atoms with E-state index >= 15 is 0 Å². The van der Waals surface area contributed by atoms with E-state index in [-0.39, 0.29) is 23.8 Å². The van der Waals surface area contributed by atoms with Gasteiger partial charge in [0.15, 0.2) is 0 Å². The molecular formula is C31H42N4O3. The summed E-state index contributed by atoms with van der Waals surface area (Å²) in [6.45, 7) is 7.26. The third-order valence-electron chi connectivity index (χ3n) is 8.37. The number of amides is 2. The molecule has 3 fully saturated rings. The maximum Gasteiger partial charge on any atom is 0.256 e. The van der Waals surface area contributed by atoms with Crippen LogP contribution in [-0.4, -0.2) is 68.6 Å². The zero-order valence-electron chi connectivity index (χ0n) is 22.7. The third-order valence-corrected chi connectivity index (χ3v) is 8.37. The van der Waals surface area contributed by atoms with Gasteiger partial charge in [0.1, 0.15) is 5.75 Å². The molecule has 5 rings (SSSR count). The monoisotopic (exact) mass is 518 g/mol. The Kier molecular flexibility index (Phi) is 8.72. The van der Waals surface area contributed by atoms with Gasteiger partial charge in [0.2, 0.25) is 5.91 Å². The zero-order valence-corrected chi connectivity index (χ0v) is 22.7. The van der Waals surface area contributed by atoms with Gasteiger partial charge in [0, 0.05) is 56.9 Å². The lowest BCUT2D eigenvalue weighted by Gasteiger charge is -2.38. The van der Waals surface area contributed by atoms with E-state index in [0.717, 1.165) is 74.6 Å². The highest BCUT2D eigenvalue weighted by Crippen LogP contribution is 2.30. The molecule has 0 aromatic heterocycles. The van der Waals surface area contributed by atoms with Crippen molar-refractivity contribution in [2.45, 2.75) is 57.9 Å². The first-order chi connectivity index (χ1) is 18.6. The van der Waals surface area contributed by atoms with Crippen molar-refractivity contribution in [3.63, 3.8) is 0 Å². The molecule has 2 heterocycles. The Labute approximate surface area is 227 Å². The number of anilines is 2. The smallest absolute Gasteiger partial charge is 0.256 e. The molecule has 2 amide bonds. The van der Waals surface area contributed by atoms with Crippen molar-refractivity contribution in [2.24, 2.45) is 5.92 Å². The van der Waals surface area contributed by atoms with Gasteiger partial charge in [-0.2, -0.15) is 0 Å². The number of carbonyl (C=O) groups excluding carboxylic acids is 2. The van der Waals surface area contributed by atoms with Crippen LogP contribution in [0.4, 0.5) is 11.4 Å². The van der Waals surface area contributed by atoms with Gasteiger partial charge in [-0.3, -0.25) is 9.59 Å². The molecule has 0 radical (unpaired) electrons. The highest BCUT2D eigenvalue weighted by atomic mass is 16.5. The van der Waals surface area contributed by atoms with Gasteiger partial charge in [0.25, 0.3) is 5.91 Å². The second kappa shape index (κ2) is 12.5. The fourth-order valence-corrected chi connectivity index (χ4v) is 6.20. The van der Waals surface area contributed by atoms with E-state index in [1.165, 1.54) is 19.3 Å². The molecule has 1 aliphatic carbocycles. The van der Waals surface area contributed by atoms with Crippen LogP contribution >= 0.6 is 0 Å². The van der Waals surface area contributed by atoms with Crippen LogP contribution in [0, 0.1) is 5.92 Å². The van der Waals surface area contributed by atoms with Gasteiger partial charge in [-0.1, -0.05) is 43.5 Å². The number of piperazine rings is 1. The van der Waals surface area contributed by atoms with Gasteiger partial charge in [0.05, 0.1) is 17.9 Å². The average molecular weight is 519 g/mol. The lowest BCUT2D eigenvalue weighted by molar-refractivity contribution is -0.126. The second-order valence-electron chi connectivity index (χ2n) is 10.8. The van der Waals surface area contributed by atoms with Gasteiger partial charge in [-0.15, -0.1) is 0 Å². The normalized spacial score (nSPS) is 19.3. The topological polar surface area (TPSA) is 65.1 Å². The summed E-state index contributed by atoms with van der Waals surface area (Å²) < 4.78 is 5.83. The maximum atomic E-state index is 13.7. The molecule has 2 aromatic rings. The van der Waals surface area contributed by atoms with Crippen LogP contribution in [0.2, 0.25) is 0 Å². The molecule has 7 nitrogen and oxygen atoms in total. The minimum absolute atomic E-state index is 0.103. The van der Waals surface area contributed by atoms with Crippen molar-refractivity contribution >= 4 is 23.2 Å². The number of benzene rings is 2. The molecule has 38 heavy (non-hydrogen) atoms. The van der Waals surface area contributed by atoms with Crippen LogP contribution < -0.4 is 19.9 Å². The SMILES string of the molecule is CCOc1ccccc1N1CCN(C(=O)c2ccccc2N2CCC(NC(=O)C3CCCCC3)CC2)CC1. The molecule has 2 aromatic carbocycles. The van der Waals surface area contributed by atoms with Crippen LogP contribution in [0.15, 0.2) is 48.5 Å². The van der Waals surface area contributed by atoms with Gasteiger partial charge in [-0.05, 0) is 56.9 Å². The Balaban J connectivity index is 1.17. The van der Waals surface area contributed by atoms with Crippen LogP contribution in [0.3, 0.4) is 0 Å². The molecule has 0 bridgehead atoms. The van der Waals surface area contributed by atoms with Crippen molar-refractivity contribution in [2.75, 3.05) is 55.7 Å². The first-order valence-electron chi connectivity index (χ1n) is 14.5. The molecule has 0 unspecified atom stereocenters. The van der Waals surface area contributed by atoms with Crippen LogP contribution in [0.1, 0.15) is 62.2 Å². The summed E-state index contributed by atoms with van der Waals surface area (Å²) in [7, 11) is 0. The molecule has 3 aliphatic rings. The van der Waals surface area contributed by atoms with E-state index in [1.807, 2.05) is 48.2 Å². The molecule has 1 N–H and O–H groups in total. The fourth-order valence-electron chi connectivity index (χ4n) is 6.20. The average Bonchev–Trinajstić information content (AvgIpc) is 2.98. The molecule has 1 saturated carbocycles. The van der Waals surface area contributed by atoms with E-state index in [0.29, 0.717) is 19.7 Å². The van der Waals surface area contributed by atoms with Crippen LogP contribution in [-0.2, 0) is 4.79 Å². The molecular weight excluding hydrogens is 476 g/mol. The lowest BCUT2D eigenvalue weighted by atomic mass is 9.88. The summed E-state index contributed by atoms with van der Waals surface area (Å²) in [5.74, 6) is 1.46. The number of para-hydroxylation sites is 3. The van der Waals surface area contributed by atoms with E-state index in [9.17, 15) is 9.59 Å². The number of nitrogens with zero attached hydrogens (tertiary/aromatic N) is 3. The number of carbonyl (C=O) groups is 2. The van der Waals surface area contributed by atoms with E-state index < -0.39 is 0 Å². The van der Waals surface area contributed by atoms with Crippen molar-refractivity contribution in [3.05, 3.63) is 54.1 Å². The molecule has 7 heteroatoms. The quantitative estimate of drug-likeness (QED) is 0.575. The molecule has 2 aliphatic heterocycles. The van der Waals surface area contributed by atoms with Gasteiger partial charge < -0.3 is 24.8 Å². The molecule has 0 atom stereocenters. The van der Waals surface area contributed by atoms with Crippen molar-refractivity contribution in [1.82, 2.24) is 10.2 Å². The fraction of sp³-hybridized carbons (Fsp3) is 0.548. The predicted molar refractivity (Wildman–Crippen MR) is 152 cm³/mol. The van der Waals surface area contributed by atoms with Crippen LogP contribution in [0.25, 0.3) is 0 Å². The summed E-state index contributed by atoms with van der Waals surface area (Å²) in [6, 6.07) is 16.4. The zero-order chi connectivity index (χ0) is 26.3. The van der Waals surface area contributed by atoms with E-state index in [2.05, 4.69) is 27.2 Å². The molecule has 204 valence electrons. The first kappa shape index (κ1) is 26.4. The first-order valence-corrected chi connectivity index (χ1v) is 14.5. The Hall–Kier alpha value is -3.22. The number of rotatable bonds is 7. The number of ether oxygens (including phenoxy) is 1. The summed E-state index contributed by atoms with van der Waals surface area (Å²) in [5, 5.41) is 3.32. The minimum atomic E-state index is 0.103. The van der Waals surface area contributed by atoms with E-state index in [1.54, 1.807) is 0 Å². The molecule has 2 saturated heterocycles. The summed E-state index contributed by atoms with van der Waals surface area (Å²) in [5.41, 5.74) is 2.89. The van der Waals surface area contributed by atoms with E-state index in [4.69, 9.17) is 4.74 Å². The second-order valence-corrected chi connectivity index (χ2v) is 10.8. The number of nitrogens with one attached hydrogen (secondary N) is 1. The Morgan fingerprint density at radius 3 is 2.13 bits per heavy atom. The Morgan fingerprint density at radius 1 is 0.789 bits per heavy atom. The van der Waals surface area contributed by atoms with Crippen molar-refractivity contribution in [1.29, 1.82) is 0 Å². The van der Waals surface area contributed by atoms with Crippen molar-refractivity contribution in [3.8, 4) is 5.75 Å². The standard InChI is InChI=1S/C31H42N4O3/c1-2-38-29-15-9-8-14-28(29)34-20-22-35(23-21-34)31(37)26-12-6-7-13-27(26)33-18-16-25(17-19-33)32-30(36)24-10-4-3-5-11-24/h6-9,12-15,24-25H,2-5,10-11,16-23H2,1H3,(H,32,36). The Bertz CT molecular complexity index is 1080. The summed E-state index contributed by atoms with van der Waals surface area (Å²) in [6.07, 6.45) is 7.52. The minimum Gasteiger partial charge on any atom is -0.492 e. The number of hydrogen-bond donors (Lipinski definition) is 1. The predicted octanol–water partition coefficient (Wildman–Crippen LogP) is 4.71. The highest BCUT2D eigenvalue weighted by Gasteiger charge is 2.29. The van der Waals surface area contributed by atoms with Gasteiger partial charge in [-0.25, -0.2) is 0 Å². The largest absolute Gasteiger partial charge is 0.492 e. The summed E-state index contributed by atoms with van der Waals surface area (Å²) >= 11 is 0. The molecule has 0 spiro atoms. The number of hydrogen-bond acceptors (Lipinski definition) is 5. The van der Waals surface area contributed by atoms with Crippen molar-refractivity contribution < 1.29 is 14.3 Å². The highest BCUT2D eigenvalue weighted by molar-refractivity contribution is 6.00.